The van der Waals surface area contributed by atoms with Gasteiger partial charge in [0, 0.05) is 21.8 Å². The van der Waals surface area contributed by atoms with Crippen molar-refractivity contribution in [2.75, 3.05) is 11.5 Å². The number of aryl methyl sites for hydroxylation is 1. The smallest absolute Gasteiger partial charge is 0.180 e. The predicted molar refractivity (Wildman–Crippen MR) is 78.2 cm³/mol. The van der Waals surface area contributed by atoms with Gasteiger partial charge in [-0.05, 0) is 18.6 Å². The molecule has 1 fully saturated rings. The first-order chi connectivity index (χ1) is 8.24. The van der Waals surface area contributed by atoms with Crippen molar-refractivity contribution in [2.45, 2.75) is 6.92 Å². The van der Waals surface area contributed by atoms with Gasteiger partial charge in [-0.25, -0.2) is 0 Å². The van der Waals surface area contributed by atoms with Gasteiger partial charge in [0.2, 0.25) is 0 Å². The lowest BCUT2D eigenvalue weighted by Crippen LogP contribution is -1.85. The SMILES string of the molecule is Cc1ccc(C=CC(=O)C=C2SCCS2)cc1. The maximum atomic E-state index is 11.6. The second-order valence-electron chi connectivity index (χ2n) is 3.81. The van der Waals surface area contributed by atoms with Crippen LogP contribution < -0.4 is 0 Å². The van der Waals surface area contributed by atoms with Gasteiger partial charge in [-0.3, -0.25) is 4.79 Å². The molecule has 0 spiro atoms. The van der Waals surface area contributed by atoms with Crippen LogP contribution in [0.2, 0.25) is 0 Å². The van der Waals surface area contributed by atoms with Crippen LogP contribution in [0.3, 0.4) is 0 Å². The summed E-state index contributed by atoms with van der Waals surface area (Å²) in [6.07, 6.45) is 5.23. The third kappa shape index (κ3) is 4.10. The zero-order chi connectivity index (χ0) is 12.1. The fourth-order valence-electron chi connectivity index (χ4n) is 1.43. The van der Waals surface area contributed by atoms with Crippen LogP contribution in [0, 0.1) is 6.92 Å². The summed E-state index contributed by atoms with van der Waals surface area (Å²) in [6.45, 7) is 2.05. The number of allylic oxidation sites excluding steroid dienone is 2. The Hall–Kier alpha value is -0.930. The number of benzene rings is 1. The quantitative estimate of drug-likeness (QED) is 0.769. The Kier molecular flexibility index (Phi) is 4.51. The summed E-state index contributed by atoms with van der Waals surface area (Å²) in [5, 5.41) is 0. The van der Waals surface area contributed by atoms with E-state index in [9.17, 15) is 4.79 Å². The van der Waals surface area contributed by atoms with Crippen molar-refractivity contribution in [3.63, 3.8) is 0 Å². The molecule has 0 atom stereocenters. The first-order valence-electron chi connectivity index (χ1n) is 5.50. The minimum absolute atomic E-state index is 0.0717. The largest absolute Gasteiger partial charge is 0.290 e. The molecule has 0 saturated carbocycles. The van der Waals surface area contributed by atoms with Crippen molar-refractivity contribution in [2.24, 2.45) is 0 Å². The van der Waals surface area contributed by atoms with Crippen LogP contribution in [-0.2, 0) is 4.79 Å². The van der Waals surface area contributed by atoms with Gasteiger partial charge in [0.15, 0.2) is 5.78 Å². The Morgan fingerprint density at radius 1 is 1.18 bits per heavy atom. The molecule has 1 aliphatic heterocycles. The molecule has 1 aromatic carbocycles. The van der Waals surface area contributed by atoms with E-state index in [0.717, 1.165) is 21.3 Å². The molecule has 0 bridgehead atoms. The molecule has 0 unspecified atom stereocenters. The van der Waals surface area contributed by atoms with E-state index in [1.54, 1.807) is 35.7 Å². The van der Waals surface area contributed by atoms with Gasteiger partial charge in [-0.15, -0.1) is 23.5 Å². The van der Waals surface area contributed by atoms with Crippen molar-refractivity contribution in [3.05, 3.63) is 51.8 Å². The average Bonchev–Trinajstić information content (AvgIpc) is 2.81. The molecule has 1 saturated heterocycles. The van der Waals surface area contributed by atoms with Crippen LogP contribution in [0.4, 0.5) is 0 Å². The first kappa shape index (κ1) is 12.5. The molecule has 1 aliphatic rings. The van der Waals surface area contributed by atoms with E-state index in [4.69, 9.17) is 0 Å². The summed E-state index contributed by atoms with van der Waals surface area (Å²) >= 11 is 3.53. The second kappa shape index (κ2) is 6.12. The fraction of sp³-hybridized carbons (Fsp3) is 0.214. The fourth-order valence-corrected chi connectivity index (χ4v) is 3.73. The van der Waals surface area contributed by atoms with Gasteiger partial charge in [-0.1, -0.05) is 35.9 Å². The van der Waals surface area contributed by atoms with Gasteiger partial charge in [-0.2, -0.15) is 0 Å². The van der Waals surface area contributed by atoms with Crippen LogP contribution in [0.15, 0.2) is 40.7 Å². The third-order valence-electron chi connectivity index (χ3n) is 2.35. The molecule has 0 amide bonds. The molecule has 0 N–H and O–H groups in total. The minimum atomic E-state index is 0.0717. The molecule has 3 heteroatoms. The average molecular weight is 262 g/mol. The van der Waals surface area contributed by atoms with Gasteiger partial charge in [0.1, 0.15) is 0 Å². The van der Waals surface area contributed by atoms with Crippen LogP contribution in [0.5, 0.6) is 0 Å². The molecular formula is C14H14OS2. The van der Waals surface area contributed by atoms with E-state index in [-0.39, 0.29) is 5.78 Å². The summed E-state index contributed by atoms with van der Waals surface area (Å²) in [4.78, 5) is 11.6. The number of hydrogen-bond acceptors (Lipinski definition) is 3. The number of ketones is 1. The number of carbonyl (C=O) groups is 1. The Balaban J connectivity index is 1.98. The first-order valence-corrected chi connectivity index (χ1v) is 7.47. The van der Waals surface area contributed by atoms with Crippen LogP contribution in [0.1, 0.15) is 11.1 Å². The number of carbonyl (C=O) groups excluding carboxylic acids is 1. The number of thioether (sulfide) groups is 2. The van der Waals surface area contributed by atoms with E-state index in [2.05, 4.69) is 6.92 Å². The zero-order valence-corrected chi connectivity index (χ0v) is 11.3. The third-order valence-corrected chi connectivity index (χ3v) is 4.94. The van der Waals surface area contributed by atoms with Crippen molar-refractivity contribution in [1.29, 1.82) is 0 Å². The van der Waals surface area contributed by atoms with E-state index < -0.39 is 0 Å². The molecular weight excluding hydrogens is 248 g/mol. The summed E-state index contributed by atoms with van der Waals surface area (Å²) in [7, 11) is 0. The summed E-state index contributed by atoms with van der Waals surface area (Å²) in [5.74, 6) is 2.30. The molecule has 2 rings (SSSR count). The maximum Gasteiger partial charge on any atom is 0.180 e. The monoisotopic (exact) mass is 262 g/mol. The molecule has 0 aliphatic carbocycles. The van der Waals surface area contributed by atoms with Gasteiger partial charge in [0.25, 0.3) is 0 Å². The molecule has 1 nitrogen and oxygen atoms in total. The summed E-state index contributed by atoms with van der Waals surface area (Å²) in [5.41, 5.74) is 2.29. The zero-order valence-electron chi connectivity index (χ0n) is 9.68. The van der Waals surface area contributed by atoms with E-state index in [0.29, 0.717) is 0 Å². The lowest BCUT2D eigenvalue weighted by molar-refractivity contribution is -0.110. The van der Waals surface area contributed by atoms with Crippen molar-refractivity contribution < 1.29 is 4.79 Å². The standard InChI is InChI=1S/C14H14OS2/c1-11-2-4-12(5-3-11)6-7-13(15)10-14-16-8-9-17-14/h2-7,10H,8-9H2,1H3. The van der Waals surface area contributed by atoms with E-state index in [1.165, 1.54) is 5.56 Å². The number of hydrogen-bond donors (Lipinski definition) is 0. The van der Waals surface area contributed by atoms with E-state index >= 15 is 0 Å². The van der Waals surface area contributed by atoms with Crippen LogP contribution >= 0.6 is 23.5 Å². The summed E-state index contributed by atoms with van der Waals surface area (Å²) < 4.78 is 1.14. The Morgan fingerprint density at radius 3 is 2.47 bits per heavy atom. The minimum Gasteiger partial charge on any atom is -0.290 e. The summed E-state index contributed by atoms with van der Waals surface area (Å²) in [6, 6.07) is 8.13. The van der Waals surface area contributed by atoms with Gasteiger partial charge < -0.3 is 0 Å². The van der Waals surface area contributed by atoms with Crippen molar-refractivity contribution in [3.8, 4) is 0 Å². The molecule has 1 heterocycles. The Morgan fingerprint density at radius 2 is 1.82 bits per heavy atom. The van der Waals surface area contributed by atoms with Crippen molar-refractivity contribution in [1.82, 2.24) is 0 Å². The highest BCUT2D eigenvalue weighted by molar-refractivity contribution is 8.25. The van der Waals surface area contributed by atoms with Gasteiger partial charge >= 0.3 is 0 Å². The number of rotatable bonds is 3. The van der Waals surface area contributed by atoms with Gasteiger partial charge in [0.05, 0.1) is 0 Å². The molecule has 0 radical (unpaired) electrons. The normalized spacial score (nSPS) is 15.5. The second-order valence-corrected chi connectivity index (χ2v) is 6.34. The van der Waals surface area contributed by atoms with E-state index in [1.807, 2.05) is 30.3 Å². The Bertz CT molecular complexity index is 450. The predicted octanol–water partition coefficient (Wildman–Crippen LogP) is 3.90. The maximum absolute atomic E-state index is 11.6. The van der Waals surface area contributed by atoms with Crippen LogP contribution in [0.25, 0.3) is 6.08 Å². The molecule has 17 heavy (non-hydrogen) atoms. The highest BCUT2D eigenvalue weighted by Crippen LogP contribution is 2.35. The highest BCUT2D eigenvalue weighted by Gasteiger charge is 2.08. The molecule has 1 aromatic rings. The highest BCUT2D eigenvalue weighted by atomic mass is 32.2. The lowest BCUT2D eigenvalue weighted by Gasteiger charge is -1.94. The Labute approximate surface area is 110 Å². The lowest BCUT2D eigenvalue weighted by atomic mass is 10.1. The topological polar surface area (TPSA) is 17.1 Å². The van der Waals surface area contributed by atoms with Crippen molar-refractivity contribution >= 4 is 35.4 Å². The van der Waals surface area contributed by atoms with Crippen LogP contribution in [-0.4, -0.2) is 17.3 Å². The molecule has 88 valence electrons. The molecule has 0 aromatic heterocycles.